The molecule has 0 aliphatic carbocycles. The molecule has 2 rings (SSSR count). The van der Waals surface area contributed by atoms with Gasteiger partial charge in [0.1, 0.15) is 11.9 Å². The van der Waals surface area contributed by atoms with E-state index in [1.165, 1.54) is 0 Å². The van der Waals surface area contributed by atoms with Crippen molar-refractivity contribution in [1.82, 2.24) is 15.4 Å². The number of benzene rings is 2. The third-order valence-electron chi connectivity index (χ3n) is 5.09. The molecule has 3 amide bonds. The highest BCUT2D eigenvalue weighted by Crippen LogP contribution is 2.34. The van der Waals surface area contributed by atoms with E-state index >= 15 is 0 Å². The standard InChI is InChI=1S/C24H30F4N4O4S/c1-16(2)14-20(32-23(34)31-18-8-4-3-5-9-18)22(33)29-12-6-7-13-30-37(35,36)21-11-10-17(25)15-19(21)24(26,27)28/h3-5,8-11,15-16,20,30H,6-7,12-14H2,1-2H3,(H,29,33)(H2,31,32,34)/t20-/m0/s1. The third kappa shape index (κ3) is 10.00. The molecule has 0 saturated carbocycles. The van der Waals surface area contributed by atoms with E-state index in [-0.39, 0.29) is 31.5 Å². The number of nitrogens with one attached hydrogen (secondary N) is 4. The molecule has 0 fully saturated rings. The van der Waals surface area contributed by atoms with Gasteiger partial charge in [-0.15, -0.1) is 0 Å². The number of para-hydroxylation sites is 1. The van der Waals surface area contributed by atoms with E-state index in [1.807, 2.05) is 13.8 Å². The van der Waals surface area contributed by atoms with Crippen LogP contribution >= 0.6 is 0 Å². The van der Waals surface area contributed by atoms with E-state index in [0.29, 0.717) is 30.7 Å². The van der Waals surface area contributed by atoms with E-state index in [1.54, 1.807) is 30.3 Å². The average Bonchev–Trinajstić information content (AvgIpc) is 2.80. The fraction of sp³-hybridized carbons (Fsp3) is 0.417. The second-order valence-corrected chi connectivity index (χ2v) is 10.4. The van der Waals surface area contributed by atoms with Gasteiger partial charge >= 0.3 is 12.2 Å². The van der Waals surface area contributed by atoms with Crippen LogP contribution in [-0.2, 0) is 21.0 Å². The summed E-state index contributed by atoms with van der Waals surface area (Å²) < 4.78 is 79.3. The molecule has 0 unspecified atom stereocenters. The van der Waals surface area contributed by atoms with Crippen molar-refractivity contribution >= 4 is 27.6 Å². The van der Waals surface area contributed by atoms with Crippen LogP contribution in [0.1, 0.15) is 38.7 Å². The number of hydrogen-bond donors (Lipinski definition) is 4. The molecule has 4 N–H and O–H groups in total. The SMILES string of the molecule is CC(C)C[C@H](NC(=O)Nc1ccccc1)C(=O)NCCCCNS(=O)(=O)c1ccc(F)cc1C(F)(F)F. The van der Waals surface area contributed by atoms with E-state index in [0.717, 1.165) is 0 Å². The summed E-state index contributed by atoms with van der Waals surface area (Å²) in [5.41, 5.74) is -1.03. The number of urea groups is 1. The molecule has 204 valence electrons. The first-order valence-corrected chi connectivity index (χ1v) is 13.0. The number of alkyl halides is 3. The molecule has 2 aromatic carbocycles. The summed E-state index contributed by atoms with van der Waals surface area (Å²) in [7, 11) is -4.54. The summed E-state index contributed by atoms with van der Waals surface area (Å²) in [4.78, 5) is 23.8. The summed E-state index contributed by atoms with van der Waals surface area (Å²) in [6.45, 7) is 3.75. The van der Waals surface area contributed by atoms with Gasteiger partial charge in [-0.1, -0.05) is 32.0 Å². The van der Waals surface area contributed by atoms with Crippen molar-refractivity contribution in [2.75, 3.05) is 18.4 Å². The Labute approximate surface area is 213 Å². The highest BCUT2D eigenvalue weighted by Gasteiger charge is 2.37. The Balaban J connectivity index is 1.83. The van der Waals surface area contributed by atoms with Crippen LogP contribution in [0.4, 0.5) is 28.0 Å². The van der Waals surface area contributed by atoms with Crippen LogP contribution in [0, 0.1) is 11.7 Å². The molecule has 0 aliphatic heterocycles. The molecule has 37 heavy (non-hydrogen) atoms. The van der Waals surface area contributed by atoms with E-state index in [4.69, 9.17) is 0 Å². The Morgan fingerprint density at radius 2 is 1.62 bits per heavy atom. The second kappa shape index (κ2) is 13.4. The zero-order valence-electron chi connectivity index (χ0n) is 20.4. The number of carbonyl (C=O) groups excluding carboxylic acids is 2. The van der Waals surface area contributed by atoms with Crippen LogP contribution in [0.25, 0.3) is 0 Å². The molecule has 0 radical (unpaired) electrons. The molecule has 2 aromatic rings. The van der Waals surface area contributed by atoms with Gasteiger partial charge in [0.25, 0.3) is 0 Å². The molecule has 0 saturated heterocycles. The number of halogens is 4. The minimum atomic E-state index is -5.05. The molecule has 0 aliphatic rings. The molecule has 0 aromatic heterocycles. The van der Waals surface area contributed by atoms with E-state index in [9.17, 15) is 35.6 Å². The number of sulfonamides is 1. The van der Waals surface area contributed by atoms with Gasteiger partial charge in [0.15, 0.2) is 0 Å². The summed E-state index contributed by atoms with van der Waals surface area (Å²) in [5, 5.41) is 7.95. The lowest BCUT2D eigenvalue weighted by molar-refractivity contribution is -0.140. The molecule has 8 nitrogen and oxygen atoms in total. The molecule has 1 atom stereocenters. The topological polar surface area (TPSA) is 116 Å². The second-order valence-electron chi connectivity index (χ2n) is 8.68. The van der Waals surface area contributed by atoms with Crippen LogP contribution < -0.4 is 20.7 Å². The number of anilines is 1. The van der Waals surface area contributed by atoms with Crippen LogP contribution in [0.15, 0.2) is 53.4 Å². The van der Waals surface area contributed by atoms with Gasteiger partial charge in [-0.25, -0.2) is 22.3 Å². The van der Waals surface area contributed by atoms with Crippen LogP contribution in [0.3, 0.4) is 0 Å². The Morgan fingerprint density at radius 1 is 0.973 bits per heavy atom. The van der Waals surface area contributed by atoms with E-state index < -0.39 is 50.5 Å². The monoisotopic (exact) mass is 546 g/mol. The summed E-state index contributed by atoms with van der Waals surface area (Å²) in [5.74, 6) is -1.52. The fourth-order valence-corrected chi connectivity index (χ4v) is 4.66. The van der Waals surface area contributed by atoms with Gasteiger partial charge in [0.05, 0.1) is 10.5 Å². The Hall–Kier alpha value is -3.19. The highest BCUT2D eigenvalue weighted by atomic mass is 32.2. The van der Waals surface area contributed by atoms with Gasteiger partial charge in [-0.3, -0.25) is 4.79 Å². The fourth-order valence-electron chi connectivity index (χ4n) is 3.38. The molecule has 0 bridgehead atoms. The van der Waals surface area contributed by atoms with Gasteiger partial charge in [-0.05, 0) is 55.5 Å². The normalized spacial score (nSPS) is 12.7. The predicted molar refractivity (Wildman–Crippen MR) is 131 cm³/mol. The average molecular weight is 547 g/mol. The Kier molecular flexibility index (Phi) is 10.9. The Bertz CT molecular complexity index is 1160. The summed E-state index contributed by atoms with van der Waals surface area (Å²) in [6, 6.07) is 8.69. The van der Waals surface area contributed by atoms with Gasteiger partial charge in [0, 0.05) is 18.8 Å². The third-order valence-corrected chi connectivity index (χ3v) is 6.61. The predicted octanol–water partition coefficient (Wildman–Crippen LogP) is 4.26. The number of unbranched alkanes of at least 4 members (excludes halogenated alkanes) is 1. The zero-order valence-corrected chi connectivity index (χ0v) is 21.2. The smallest absolute Gasteiger partial charge is 0.354 e. The first-order chi connectivity index (χ1) is 17.3. The molecule has 13 heteroatoms. The molecule has 0 heterocycles. The quantitative estimate of drug-likeness (QED) is 0.235. The van der Waals surface area contributed by atoms with Crippen molar-refractivity contribution in [3.05, 3.63) is 59.9 Å². The van der Waals surface area contributed by atoms with Crippen molar-refractivity contribution in [3.8, 4) is 0 Å². The lowest BCUT2D eigenvalue weighted by Crippen LogP contribution is -2.49. The lowest BCUT2D eigenvalue weighted by atomic mass is 10.0. The number of hydrogen-bond acceptors (Lipinski definition) is 4. The maximum absolute atomic E-state index is 13.2. The van der Waals surface area contributed by atoms with Crippen molar-refractivity contribution in [2.45, 2.75) is 50.2 Å². The molecular formula is C24H30F4N4O4S. The van der Waals surface area contributed by atoms with Gasteiger partial charge in [0.2, 0.25) is 15.9 Å². The lowest BCUT2D eigenvalue weighted by Gasteiger charge is -2.20. The maximum atomic E-state index is 13.2. The first-order valence-electron chi connectivity index (χ1n) is 11.6. The number of rotatable bonds is 12. The maximum Gasteiger partial charge on any atom is 0.417 e. The van der Waals surface area contributed by atoms with Crippen LogP contribution in [-0.4, -0.2) is 39.5 Å². The highest BCUT2D eigenvalue weighted by molar-refractivity contribution is 7.89. The minimum Gasteiger partial charge on any atom is -0.354 e. The van der Waals surface area contributed by atoms with Crippen molar-refractivity contribution in [3.63, 3.8) is 0 Å². The van der Waals surface area contributed by atoms with E-state index in [2.05, 4.69) is 20.7 Å². The zero-order chi connectivity index (χ0) is 27.6. The van der Waals surface area contributed by atoms with Crippen molar-refractivity contribution < 1.29 is 35.6 Å². The van der Waals surface area contributed by atoms with Crippen molar-refractivity contribution in [2.24, 2.45) is 5.92 Å². The van der Waals surface area contributed by atoms with Gasteiger partial charge in [-0.2, -0.15) is 13.2 Å². The van der Waals surface area contributed by atoms with Crippen LogP contribution in [0.5, 0.6) is 0 Å². The first kappa shape index (κ1) is 30.0. The molecular weight excluding hydrogens is 516 g/mol. The van der Waals surface area contributed by atoms with Crippen molar-refractivity contribution in [1.29, 1.82) is 0 Å². The molecule has 0 spiro atoms. The summed E-state index contributed by atoms with van der Waals surface area (Å²) >= 11 is 0. The van der Waals surface area contributed by atoms with Gasteiger partial charge < -0.3 is 16.0 Å². The van der Waals surface area contributed by atoms with Crippen LogP contribution in [0.2, 0.25) is 0 Å². The summed E-state index contributed by atoms with van der Waals surface area (Å²) in [6.07, 6.45) is -4.14. The number of amides is 3. The Morgan fingerprint density at radius 3 is 2.24 bits per heavy atom. The minimum absolute atomic E-state index is 0.107. The number of carbonyl (C=O) groups is 2. The largest absolute Gasteiger partial charge is 0.417 e.